The lowest BCUT2D eigenvalue weighted by atomic mass is 9.79. The first kappa shape index (κ1) is 16.8. The second-order valence-corrected chi connectivity index (χ2v) is 6.91. The average Bonchev–Trinajstić information content (AvgIpc) is 2.74. The summed E-state index contributed by atoms with van der Waals surface area (Å²) in [5.74, 6) is 0.720. The van der Waals surface area contributed by atoms with Crippen LogP contribution in [0.3, 0.4) is 0 Å². The van der Waals surface area contributed by atoms with E-state index in [1.165, 1.54) is 0 Å². The van der Waals surface area contributed by atoms with Crippen molar-refractivity contribution >= 4 is 33.8 Å². The summed E-state index contributed by atoms with van der Waals surface area (Å²) < 4.78 is 0.862. The molecule has 2 heterocycles. The van der Waals surface area contributed by atoms with E-state index in [1.54, 1.807) is 14.0 Å². The fourth-order valence-corrected chi connectivity index (χ4v) is 3.16. The number of nitrogens with one attached hydrogen (secondary N) is 3. The maximum Gasteiger partial charge on any atom is 0.322 e. The van der Waals surface area contributed by atoms with Crippen molar-refractivity contribution in [2.45, 2.75) is 25.3 Å². The Labute approximate surface area is 138 Å². The number of amides is 3. The molecule has 0 aromatic heterocycles. The molecule has 22 heavy (non-hydrogen) atoms. The quantitative estimate of drug-likeness (QED) is 0.388. The minimum Gasteiger partial charge on any atom is -0.352 e. The van der Waals surface area contributed by atoms with E-state index >= 15 is 0 Å². The van der Waals surface area contributed by atoms with Crippen molar-refractivity contribution in [2.24, 2.45) is 10.9 Å². The Hall–Kier alpha value is -1.57. The standard InChI is InChI=1S/C14H22BrN5O2/c1-9(15)8-17-12(16-3)20-6-4-10(5-7-20)14(2)11(21)18-13(22)19-14/h10H,1,4-8H2,2-3H3,(H,16,17)(H2,18,19,21,22). The van der Waals surface area contributed by atoms with Gasteiger partial charge in [0.1, 0.15) is 5.54 Å². The topological polar surface area (TPSA) is 85.8 Å². The van der Waals surface area contributed by atoms with Crippen LogP contribution in [-0.2, 0) is 4.79 Å². The third kappa shape index (κ3) is 3.43. The molecule has 3 amide bonds. The van der Waals surface area contributed by atoms with Gasteiger partial charge in [0.15, 0.2) is 5.96 Å². The Balaban J connectivity index is 1.94. The maximum absolute atomic E-state index is 12.0. The van der Waals surface area contributed by atoms with Crippen LogP contribution in [0.5, 0.6) is 0 Å². The van der Waals surface area contributed by atoms with Crippen LogP contribution in [0, 0.1) is 5.92 Å². The van der Waals surface area contributed by atoms with Crippen molar-refractivity contribution in [1.82, 2.24) is 20.9 Å². The molecular weight excluding hydrogens is 350 g/mol. The highest BCUT2D eigenvalue weighted by Crippen LogP contribution is 2.30. The number of halogens is 1. The number of urea groups is 1. The van der Waals surface area contributed by atoms with Gasteiger partial charge in [-0.25, -0.2) is 4.79 Å². The molecule has 7 nitrogen and oxygen atoms in total. The molecule has 0 spiro atoms. The number of likely N-dealkylation sites (tertiary alicyclic amines) is 1. The summed E-state index contributed by atoms with van der Waals surface area (Å²) in [7, 11) is 1.75. The van der Waals surface area contributed by atoms with Crippen molar-refractivity contribution in [3.05, 3.63) is 11.1 Å². The predicted octanol–water partition coefficient (Wildman–Crippen LogP) is 0.780. The van der Waals surface area contributed by atoms with Crippen LogP contribution in [0.2, 0.25) is 0 Å². The van der Waals surface area contributed by atoms with E-state index in [-0.39, 0.29) is 11.8 Å². The minimum atomic E-state index is -0.801. The van der Waals surface area contributed by atoms with Gasteiger partial charge in [0.05, 0.1) is 0 Å². The largest absolute Gasteiger partial charge is 0.352 e. The first-order chi connectivity index (χ1) is 10.4. The van der Waals surface area contributed by atoms with E-state index in [2.05, 4.69) is 48.4 Å². The third-order valence-electron chi connectivity index (χ3n) is 4.33. The van der Waals surface area contributed by atoms with Crippen LogP contribution in [0.15, 0.2) is 16.1 Å². The SMILES string of the molecule is C=C(Br)CNC(=NC)N1CCC(C2(C)NC(=O)NC2=O)CC1. The van der Waals surface area contributed by atoms with Crippen LogP contribution in [0.4, 0.5) is 4.79 Å². The Kier molecular flexibility index (Phi) is 5.10. The van der Waals surface area contributed by atoms with Gasteiger partial charge in [-0.05, 0) is 25.7 Å². The van der Waals surface area contributed by atoms with Gasteiger partial charge in [-0.1, -0.05) is 22.5 Å². The van der Waals surface area contributed by atoms with Crippen molar-refractivity contribution < 1.29 is 9.59 Å². The summed E-state index contributed by atoms with van der Waals surface area (Å²) in [4.78, 5) is 29.8. The van der Waals surface area contributed by atoms with Gasteiger partial charge in [0, 0.05) is 31.2 Å². The monoisotopic (exact) mass is 371 g/mol. The second kappa shape index (κ2) is 6.68. The van der Waals surface area contributed by atoms with Crippen LogP contribution in [0.1, 0.15) is 19.8 Å². The Morgan fingerprint density at radius 3 is 2.59 bits per heavy atom. The normalized spacial score (nSPS) is 26.7. The van der Waals surface area contributed by atoms with E-state index in [9.17, 15) is 9.59 Å². The van der Waals surface area contributed by atoms with Crippen molar-refractivity contribution in [3.63, 3.8) is 0 Å². The number of aliphatic imine (C=N–C) groups is 1. The summed E-state index contributed by atoms with van der Waals surface area (Å²) >= 11 is 3.31. The maximum atomic E-state index is 12.0. The van der Waals surface area contributed by atoms with Gasteiger partial charge < -0.3 is 15.5 Å². The van der Waals surface area contributed by atoms with Gasteiger partial charge in [0.25, 0.3) is 5.91 Å². The number of carbonyl (C=O) groups excluding carboxylic acids is 2. The molecule has 1 atom stereocenters. The van der Waals surface area contributed by atoms with E-state index in [1.807, 2.05) is 0 Å². The van der Waals surface area contributed by atoms with Gasteiger partial charge in [-0.2, -0.15) is 0 Å². The lowest BCUT2D eigenvalue weighted by Crippen LogP contribution is -2.55. The summed E-state index contributed by atoms with van der Waals surface area (Å²) in [5.41, 5.74) is -0.801. The molecule has 2 aliphatic heterocycles. The summed E-state index contributed by atoms with van der Waals surface area (Å²) in [6.45, 7) is 7.79. The molecule has 0 saturated carbocycles. The number of nitrogens with zero attached hydrogens (tertiary/aromatic N) is 2. The van der Waals surface area contributed by atoms with Gasteiger partial charge >= 0.3 is 6.03 Å². The second-order valence-electron chi connectivity index (χ2n) is 5.79. The van der Waals surface area contributed by atoms with Gasteiger partial charge in [0.2, 0.25) is 0 Å². The van der Waals surface area contributed by atoms with Crippen molar-refractivity contribution in [1.29, 1.82) is 0 Å². The van der Waals surface area contributed by atoms with Crippen molar-refractivity contribution in [2.75, 3.05) is 26.7 Å². The van der Waals surface area contributed by atoms with E-state index in [0.29, 0.717) is 6.54 Å². The lowest BCUT2D eigenvalue weighted by molar-refractivity contribution is -0.125. The van der Waals surface area contributed by atoms with E-state index in [4.69, 9.17) is 0 Å². The number of imide groups is 1. The van der Waals surface area contributed by atoms with Crippen LogP contribution < -0.4 is 16.0 Å². The zero-order chi connectivity index (χ0) is 16.3. The first-order valence-electron chi connectivity index (χ1n) is 7.29. The van der Waals surface area contributed by atoms with Gasteiger partial charge in [-0.15, -0.1) is 0 Å². The molecule has 2 rings (SSSR count). The summed E-state index contributed by atoms with van der Waals surface area (Å²) in [6, 6.07) is -0.400. The molecule has 0 radical (unpaired) electrons. The smallest absolute Gasteiger partial charge is 0.322 e. The Bertz CT molecular complexity index is 513. The highest BCUT2D eigenvalue weighted by atomic mass is 79.9. The highest BCUT2D eigenvalue weighted by molar-refractivity contribution is 9.11. The Morgan fingerprint density at radius 2 is 2.14 bits per heavy atom. The lowest BCUT2D eigenvalue weighted by Gasteiger charge is -2.39. The molecule has 1 unspecified atom stereocenters. The molecule has 0 aliphatic carbocycles. The van der Waals surface area contributed by atoms with Gasteiger partial charge in [-0.3, -0.25) is 15.1 Å². The minimum absolute atomic E-state index is 0.124. The molecule has 0 aromatic rings. The molecule has 2 aliphatic rings. The zero-order valence-electron chi connectivity index (χ0n) is 12.9. The Morgan fingerprint density at radius 1 is 1.50 bits per heavy atom. The molecule has 122 valence electrons. The number of piperidine rings is 1. The van der Waals surface area contributed by atoms with E-state index < -0.39 is 11.6 Å². The molecule has 0 bridgehead atoms. The average molecular weight is 372 g/mol. The fourth-order valence-electron chi connectivity index (χ4n) is 3.02. The summed E-state index contributed by atoms with van der Waals surface area (Å²) in [5, 5.41) is 8.32. The molecule has 2 fully saturated rings. The molecule has 2 saturated heterocycles. The third-order valence-corrected chi connectivity index (χ3v) is 4.61. The number of carbonyl (C=O) groups is 2. The number of hydrogen-bond donors (Lipinski definition) is 3. The molecule has 8 heteroatoms. The van der Waals surface area contributed by atoms with Crippen LogP contribution in [-0.4, -0.2) is 55.0 Å². The number of hydrogen-bond acceptors (Lipinski definition) is 3. The molecular formula is C14H22BrN5O2. The van der Waals surface area contributed by atoms with Crippen LogP contribution in [0.25, 0.3) is 0 Å². The molecule has 3 N–H and O–H groups in total. The highest BCUT2D eigenvalue weighted by Gasteiger charge is 2.48. The summed E-state index contributed by atoms with van der Waals surface area (Å²) in [6.07, 6.45) is 1.64. The first-order valence-corrected chi connectivity index (χ1v) is 8.08. The van der Waals surface area contributed by atoms with Crippen molar-refractivity contribution in [3.8, 4) is 0 Å². The predicted molar refractivity (Wildman–Crippen MR) is 88.8 cm³/mol. The molecule has 0 aromatic carbocycles. The number of guanidine groups is 1. The van der Waals surface area contributed by atoms with Crippen LogP contribution >= 0.6 is 15.9 Å². The fraction of sp³-hybridized carbons (Fsp3) is 0.643. The zero-order valence-corrected chi connectivity index (χ0v) is 14.5. The number of rotatable bonds is 3. The van der Waals surface area contributed by atoms with E-state index in [0.717, 1.165) is 36.4 Å².